The molecule has 0 fully saturated rings. The van der Waals surface area contributed by atoms with Gasteiger partial charge in [0.1, 0.15) is 5.82 Å². The summed E-state index contributed by atoms with van der Waals surface area (Å²) in [4.78, 5) is 3.88. The summed E-state index contributed by atoms with van der Waals surface area (Å²) in [6, 6.07) is 3.46. The van der Waals surface area contributed by atoms with Crippen molar-refractivity contribution in [2.24, 2.45) is 0 Å². The number of ether oxygens (including phenoxy) is 1. The van der Waals surface area contributed by atoms with Gasteiger partial charge in [0.25, 0.3) is 0 Å². The Balaban J connectivity index is 3.06. The van der Waals surface area contributed by atoms with E-state index < -0.39 is 0 Å². The molecular formula is C6H7BrN2O. The van der Waals surface area contributed by atoms with E-state index in [9.17, 15) is 0 Å². The highest BCUT2D eigenvalue weighted by atomic mass is 79.9. The van der Waals surface area contributed by atoms with E-state index in [-0.39, 0.29) is 0 Å². The van der Waals surface area contributed by atoms with Gasteiger partial charge in [0.15, 0.2) is 0 Å². The molecule has 0 radical (unpaired) electrons. The second-order valence-corrected chi connectivity index (χ2v) is 2.67. The van der Waals surface area contributed by atoms with Gasteiger partial charge in [-0.2, -0.15) is 4.98 Å². The van der Waals surface area contributed by atoms with E-state index in [0.717, 1.165) is 4.47 Å². The Kier molecular flexibility index (Phi) is 2.11. The van der Waals surface area contributed by atoms with Crippen LogP contribution in [-0.2, 0) is 0 Å². The van der Waals surface area contributed by atoms with Crippen LogP contribution >= 0.6 is 15.9 Å². The van der Waals surface area contributed by atoms with Crippen LogP contribution in [0.3, 0.4) is 0 Å². The molecule has 0 spiro atoms. The van der Waals surface area contributed by atoms with Crippen molar-refractivity contribution in [3.8, 4) is 5.88 Å². The van der Waals surface area contributed by atoms with Crippen LogP contribution in [0.4, 0.5) is 5.82 Å². The molecule has 0 saturated carbocycles. The second-order valence-electron chi connectivity index (χ2n) is 1.75. The lowest BCUT2D eigenvalue weighted by molar-refractivity contribution is 0.398. The average molecular weight is 203 g/mol. The molecule has 0 unspecified atom stereocenters. The van der Waals surface area contributed by atoms with Gasteiger partial charge in [-0.3, -0.25) is 0 Å². The van der Waals surface area contributed by atoms with Gasteiger partial charge >= 0.3 is 0 Å². The van der Waals surface area contributed by atoms with E-state index in [4.69, 9.17) is 10.5 Å². The molecule has 0 aliphatic rings. The summed E-state index contributed by atoms with van der Waals surface area (Å²) in [6.07, 6.45) is 0. The lowest BCUT2D eigenvalue weighted by Crippen LogP contribution is -1.93. The number of anilines is 1. The number of halogens is 1. The van der Waals surface area contributed by atoms with E-state index in [1.165, 1.54) is 0 Å². The van der Waals surface area contributed by atoms with Gasteiger partial charge in [0.05, 0.1) is 7.11 Å². The molecule has 10 heavy (non-hydrogen) atoms. The fourth-order valence-corrected chi connectivity index (χ4v) is 1.03. The van der Waals surface area contributed by atoms with Crippen LogP contribution < -0.4 is 10.5 Å². The lowest BCUT2D eigenvalue weighted by atomic mass is 10.4. The minimum absolute atomic E-state index is 0.450. The SMILES string of the molecule is COc1cc(Br)cc(N)n1. The summed E-state index contributed by atoms with van der Waals surface area (Å²) < 4.78 is 5.73. The van der Waals surface area contributed by atoms with E-state index in [1.54, 1.807) is 19.2 Å². The Morgan fingerprint density at radius 1 is 1.60 bits per heavy atom. The van der Waals surface area contributed by atoms with Gasteiger partial charge in [-0.15, -0.1) is 0 Å². The van der Waals surface area contributed by atoms with Crippen LogP contribution in [0.15, 0.2) is 16.6 Å². The Labute approximate surface area is 67.3 Å². The molecule has 4 heteroatoms. The van der Waals surface area contributed by atoms with E-state index >= 15 is 0 Å². The van der Waals surface area contributed by atoms with E-state index in [0.29, 0.717) is 11.7 Å². The minimum Gasteiger partial charge on any atom is -0.481 e. The van der Waals surface area contributed by atoms with Crippen LogP contribution in [0.5, 0.6) is 5.88 Å². The van der Waals surface area contributed by atoms with Crippen LogP contribution in [0.2, 0.25) is 0 Å². The largest absolute Gasteiger partial charge is 0.481 e. The average Bonchev–Trinajstić information content (AvgIpc) is 1.85. The second kappa shape index (κ2) is 2.88. The van der Waals surface area contributed by atoms with Crippen molar-refractivity contribution in [1.29, 1.82) is 0 Å². The molecule has 0 bridgehead atoms. The van der Waals surface area contributed by atoms with Crippen LogP contribution in [0.25, 0.3) is 0 Å². The molecule has 1 heterocycles. The van der Waals surface area contributed by atoms with Crippen molar-refractivity contribution in [3.63, 3.8) is 0 Å². The van der Waals surface area contributed by atoms with Crippen molar-refractivity contribution in [2.45, 2.75) is 0 Å². The first-order valence-electron chi connectivity index (χ1n) is 2.69. The van der Waals surface area contributed by atoms with Crippen molar-refractivity contribution >= 4 is 21.7 Å². The molecular weight excluding hydrogens is 196 g/mol. The van der Waals surface area contributed by atoms with Crippen LogP contribution in [0, 0.1) is 0 Å². The maximum absolute atomic E-state index is 5.41. The highest BCUT2D eigenvalue weighted by Crippen LogP contribution is 2.17. The van der Waals surface area contributed by atoms with E-state index in [2.05, 4.69) is 20.9 Å². The number of hydrogen-bond donors (Lipinski definition) is 1. The summed E-state index contributed by atoms with van der Waals surface area (Å²) in [6.45, 7) is 0. The van der Waals surface area contributed by atoms with Gasteiger partial charge in [-0.05, 0) is 6.07 Å². The number of nitrogens with two attached hydrogens (primary N) is 1. The Morgan fingerprint density at radius 2 is 2.30 bits per heavy atom. The maximum Gasteiger partial charge on any atom is 0.216 e. The Hall–Kier alpha value is -0.770. The fraction of sp³-hybridized carbons (Fsp3) is 0.167. The predicted molar refractivity (Wildman–Crippen MR) is 42.9 cm³/mol. The van der Waals surface area contributed by atoms with Gasteiger partial charge in [0.2, 0.25) is 5.88 Å². The number of methoxy groups -OCH3 is 1. The highest BCUT2D eigenvalue weighted by Gasteiger charge is 1.95. The molecule has 0 aromatic carbocycles. The number of nitrogens with zero attached hydrogens (tertiary/aromatic N) is 1. The normalized spacial score (nSPS) is 9.40. The summed E-state index contributed by atoms with van der Waals surface area (Å²) in [7, 11) is 1.55. The third-order valence-electron chi connectivity index (χ3n) is 0.996. The molecule has 0 amide bonds. The predicted octanol–water partition coefficient (Wildman–Crippen LogP) is 1.43. The lowest BCUT2D eigenvalue weighted by Gasteiger charge is -1.99. The highest BCUT2D eigenvalue weighted by molar-refractivity contribution is 9.10. The minimum atomic E-state index is 0.450. The van der Waals surface area contributed by atoms with Crippen molar-refractivity contribution in [1.82, 2.24) is 4.98 Å². The van der Waals surface area contributed by atoms with Crippen molar-refractivity contribution in [3.05, 3.63) is 16.6 Å². The van der Waals surface area contributed by atoms with Gasteiger partial charge in [0, 0.05) is 10.5 Å². The van der Waals surface area contributed by atoms with Crippen molar-refractivity contribution in [2.75, 3.05) is 12.8 Å². The molecule has 1 aromatic rings. The molecule has 0 aliphatic heterocycles. The third-order valence-corrected chi connectivity index (χ3v) is 1.45. The fourth-order valence-electron chi connectivity index (χ4n) is 0.597. The molecule has 1 aromatic heterocycles. The van der Waals surface area contributed by atoms with Gasteiger partial charge in [-0.25, -0.2) is 0 Å². The zero-order valence-corrected chi connectivity index (χ0v) is 7.05. The summed E-state index contributed by atoms with van der Waals surface area (Å²) >= 11 is 3.25. The number of aromatic nitrogens is 1. The van der Waals surface area contributed by atoms with E-state index in [1.807, 2.05) is 0 Å². The molecule has 0 atom stereocenters. The molecule has 1 rings (SSSR count). The van der Waals surface area contributed by atoms with Crippen LogP contribution in [-0.4, -0.2) is 12.1 Å². The first-order valence-corrected chi connectivity index (χ1v) is 3.48. The summed E-state index contributed by atoms with van der Waals surface area (Å²) in [5.74, 6) is 0.970. The van der Waals surface area contributed by atoms with Crippen LogP contribution in [0.1, 0.15) is 0 Å². The molecule has 2 N–H and O–H groups in total. The number of rotatable bonds is 1. The number of pyridine rings is 1. The molecule has 0 aliphatic carbocycles. The topological polar surface area (TPSA) is 48.1 Å². The third kappa shape index (κ3) is 1.60. The summed E-state index contributed by atoms with van der Waals surface area (Å²) in [5.41, 5.74) is 5.41. The Bertz CT molecular complexity index is 219. The molecule has 3 nitrogen and oxygen atoms in total. The van der Waals surface area contributed by atoms with Crippen molar-refractivity contribution < 1.29 is 4.74 Å². The quantitative estimate of drug-likeness (QED) is 0.750. The number of nitrogen functional groups attached to an aromatic ring is 1. The monoisotopic (exact) mass is 202 g/mol. The molecule has 54 valence electrons. The van der Waals surface area contributed by atoms with Gasteiger partial charge in [-0.1, -0.05) is 15.9 Å². The standard InChI is InChI=1S/C6H7BrN2O/c1-10-6-3-4(7)2-5(8)9-6/h2-3H,1H3,(H2,8,9). The maximum atomic E-state index is 5.41. The first-order chi connectivity index (χ1) is 4.72. The number of hydrogen-bond acceptors (Lipinski definition) is 3. The first kappa shape index (κ1) is 7.34. The zero-order chi connectivity index (χ0) is 7.56. The smallest absolute Gasteiger partial charge is 0.216 e. The molecule has 0 saturated heterocycles. The zero-order valence-electron chi connectivity index (χ0n) is 5.47. The Morgan fingerprint density at radius 3 is 2.80 bits per heavy atom. The van der Waals surface area contributed by atoms with Gasteiger partial charge < -0.3 is 10.5 Å². The summed E-state index contributed by atoms with van der Waals surface area (Å²) in [5, 5.41) is 0.